The summed E-state index contributed by atoms with van der Waals surface area (Å²) in [5.74, 6) is 0. The van der Waals surface area contributed by atoms with Crippen LogP contribution in [0.15, 0.2) is 52.3 Å². The third-order valence-corrected chi connectivity index (χ3v) is 6.54. The van der Waals surface area contributed by atoms with Gasteiger partial charge in [-0.3, -0.25) is 8.42 Å². The summed E-state index contributed by atoms with van der Waals surface area (Å²) in [5, 5.41) is 0. The summed E-state index contributed by atoms with van der Waals surface area (Å²) in [5.41, 5.74) is 1.07. The van der Waals surface area contributed by atoms with Crippen LogP contribution in [0.3, 0.4) is 0 Å². The molecule has 7 nitrogen and oxygen atoms in total. The fourth-order valence-corrected chi connectivity index (χ4v) is 4.85. The van der Waals surface area contributed by atoms with E-state index >= 15 is 0 Å². The number of piperazine rings is 1. The minimum Gasteiger partial charge on any atom is -0.759 e. The van der Waals surface area contributed by atoms with E-state index in [2.05, 4.69) is 21.7 Å². The van der Waals surface area contributed by atoms with E-state index in [1.54, 1.807) is 17.8 Å². The molecule has 0 unspecified atom stereocenters. The molecule has 0 radical (unpaired) electrons. The molecule has 1 saturated heterocycles. The number of hydrogen-bond acceptors (Lipinski definition) is 8. The van der Waals surface area contributed by atoms with Crippen molar-refractivity contribution in [2.24, 2.45) is 0 Å². The summed E-state index contributed by atoms with van der Waals surface area (Å²) in [7, 11) is -3.03. The molecule has 2 aromatic rings. The third kappa shape index (κ3) is 7.59. The Morgan fingerprint density at radius 1 is 0.939 bits per heavy atom. The van der Waals surface area contributed by atoms with Crippen molar-refractivity contribution in [3.8, 4) is 0 Å². The van der Waals surface area contributed by atoms with Gasteiger partial charge in [0.25, 0.3) is 0 Å². The monoisotopic (exact) mass is 503 g/mol. The van der Waals surface area contributed by atoms with Crippen molar-refractivity contribution in [3.63, 3.8) is 0 Å². The molecule has 33 heavy (non-hydrogen) atoms. The fourth-order valence-electron chi connectivity index (χ4n) is 3.77. The number of hydrogen-bond donors (Lipinski definition) is 0. The Morgan fingerprint density at radius 2 is 1.55 bits per heavy atom. The smallest absolute Gasteiger partial charge is 0.416 e. The van der Waals surface area contributed by atoms with Gasteiger partial charge in [-0.1, -0.05) is 23.9 Å². The third-order valence-electron chi connectivity index (χ3n) is 5.40. The van der Waals surface area contributed by atoms with Gasteiger partial charge in [-0.05, 0) is 50.3 Å². The van der Waals surface area contributed by atoms with Crippen LogP contribution in [0.4, 0.5) is 24.5 Å². The molecule has 0 saturated carbocycles. The maximum absolute atomic E-state index is 13.3. The molecule has 0 bridgehead atoms. The first-order valence-corrected chi connectivity index (χ1v) is 12.4. The molecular weight excluding hydrogens is 479 g/mol. The Balaban J connectivity index is 0.000000555. The first-order chi connectivity index (χ1) is 15.4. The number of anilines is 2. The molecule has 2 aliphatic rings. The van der Waals surface area contributed by atoms with Gasteiger partial charge in [0.2, 0.25) is 0 Å². The minimum atomic E-state index is -5.17. The fraction of sp³-hybridized carbons (Fsp3) is 0.429. The summed E-state index contributed by atoms with van der Waals surface area (Å²) < 4.78 is 73.9. The van der Waals surface area contributed by atoms with Crippen molar-refractivity contribution < 1.29 is 30.7 Å². The van der Waals surface area contributed by atoms with Crippen LogP contribution >= 0.6 is 11.8 Å². The summed E-state index contributed by atoms with van der Waals surface area (Å²) in [4.78, 5) is 8.80. The SMILES string of the molecule is CN1CCN(CCCN2c3ccccc3Sc3ccc(C(F)(F)F)cc32)CC1.O=S(=O)([O-])[O-]. The quantitative estimate of drug-likeness (QED) is 0.462. The molecule has 182 valence electrons. The van der Waals surface area contributed by atoms with Gasteiger partial charge in [0, 0.05) is 52.9 Å². The van der Waals surface area contributed by atoms with E-state index < -0.39 is 22.1 Å². The predicted molar refractivity (Wildman–Crippen MR) is 118 cm³/mol. The van der Waals surface area contributed by atoms with Crippen molar-refractivity contribution in [1.82, 2.24) is 9.80 Å². The number of para-hydroxylation sites is 1. The van der Waals surface area contributed by atoms with Gasteiger partial charge >= 0.3 is 6.18 Å². The van der Waals surface area contributed by atoms with Crippen LogP contribution < -0.4 is 4.90 Å². The summed E-state index contributed by atoms with van der Waals surface area (Å²) >= 11 is 1.54. The van der Waals surface area contributed by atoms with Crippen LogP contribution in [-0.2, 0) is 16.6 Å². The number of halogens is 3. The van der Waals surface area contributed by atoms with Gasteiger partial charge in [-0.15, -0.1) is 0 Å². The van der Waals surface area contributed by atoms with E-state index in [0.717, 1.165) is 54.6 Å². The summed E-state index contributed by atoms with van der Waals surface area (Å²) in [6.45, 7) is 5.92. The maximum atomic E-state index is 13.3. The molecule has 2 aromatic carbocycles. The molecule has 0 aromatic heterocycles. The Morgan fingerprint density at radius 3 is 2.18 bits per heavy atom. The largest absolute Gasteiger partial charge is 0.759 e. The predicted octanol–water partition coefficient (Wildman–Crippen LogP) is 3.61. The Bertz CT molecular complexity index is 1050. The van der Waals surface area contributed by atoms with Crippen molar-refractivity contribution >= 4 is 33.5 Å². The van der Waals surface area contributed by atoms with Gasteiger partial charge in [-0.2, -0.15) is 13.2 Å². The van der Waals surface area contributed by atoms with Gasteiger partial charge in [0.05, 0.1) is 16.9 Å². The van der Waals surface area contributed by atoms with Crippen LogP contribution in [0.25, 0.3) is 0 Å². The highest BCUT2D eigenvalue weighted by atomic mass is 32.3. The average molecular weight is 504 g/mol. The van der Waals surface area contributed by atoms with Crippen molar-refractivity contribution in [3.05, 3.63) is 48.0 Å². The molecule has 0 amide bonds. The van der Waals surface area contributed by atoms with E-state index in [4.69, 9.17) is 17.5 Å². The molecule has 1 fully saturated rings. The highest BCUT2D eigenvalue weighted by Crippen LogP contribution is 2.49. The van der Waals surface area contributed by atoms with Crippen molar-refractivity contribution in [2.45, 2.75) is 22.4 Å². The topological polar surface area (TPSA) is 90.0 Å². The lowest BCUT2D eigenvalue weighted by Gasteiger charge is -2.35. The van der Waals surface area contributed by atoms with Crippen LogP contribution in [0.2, 0.25) is 0 Å². The Hall–Kier alpha value is -1.83. The lowest BCUT2D eigenvalue weighted by atomic mass is 10.1. The molecule has 2 heterocycles. The molecule has 12 heteroatoms. The summed E-state index contributed by atoms with van der Waals surface area (Å²) in [6.07, 6.45) is -3.42. The number of alkyl halides is 3. The van der Waals surface area contributed by atoms with Crippen molar-refractivity contribution in [2.75, 3.05) is 51.2 Å². The van der Waals surface area contributed by atoms with Gasteiger partial charge in [0.15, 0.2) is 0 Å². The normalized spacial score (nSPS) is 17.1. The second-order valence-electron chi connectivity index (χ2n) is 7.81. The van der Waals surface area contributed by atoms with Gasteiger partial charge < -0.3 is 23.8 Å². The standard InChI is InChI=1S/C21H24F3N3S.H2O4S/c1-25-11-13-26(14-12-25)9-4-10-27-17-5-2-3-6-19(17)28-20-8-7-16(15-18(20)27)21(22,23)24;1-5(2,3)4/h2-3,5-8,15H,4,9-14H2,1H3;(H2,1,2,3,4)/p-2. The number of fused-ring (bicyclic) bond motifs is 2. The van der Waals surface area contributed by atoms with E-state index in [1.807, 2.05) is 24.3 Å². The number of nitrogens with zero attached hydrogens (tertiary/aromatic N) is 3. The Labute approximate surface area is 195 Å². The van der Waals surface area contributed by atoms with Crippen LogP contribution in [0, 0.1) is 0 Å². The molecule has 4 rings (SSSR count). The van der Waals surface area contributed by atoms with Crippen molar-refractivity contribution in [1.29, 1.82) is 0 Å². The van der Waals surface area contributed by atoms with E-state index in [9.17, 15) is 13.2 Å². The Kier molecular flexibility index (Phi) is 8.30. The maximum Gasteiger partial charge on any atom is 0.416 e. The first kappa shape index (κ1) is 25.8. The molecule has 0 aliphatic carbocycles. The van der Waals surface area contributed by atoms with Crippen LogP contribution in [0.1, 0.15) is 12.0 Å². The van der Waals surface area contributed by atoms with Gasteiger partial charge in [-0.25, -0.2) is 0 Å². The van der Waals surface area contributed by atoms with E-state index in [-0.39, 0.29) is 0 Å². The highest BCUT2D eigenvalue weighted by molar-refractivity contribution is 7.99. The molecule has 0 atom stereocenters. The van der Waals surface area contributed by atoms with E-state index in [0.29, 0.717) is 12.2 Å². The molecule has 0 N–H and O–H groups in total. The summed E-state index contributed by atoms with van der Waals surface area (Å²) in [6, 6.07) is 12.0. The number of benzene rings is 2. The van der Waals surface area contributed by atoms with Crippen LogP contribution in [0.5, 0.6) is 0 Å². The first-order valence-electron chi connectivity index (χ1n) is 10.2. The van der Waals surface area contributed by atoms with Crippen LogP contribution in [-0.4, -0.2) is 73.6 Å². The lowest BCUT2D eigenvalue weighted by Crippen LogP contribution is -2.45. The zero-order chi connectivity index (χ0) is 24.2. The zero-order valence-corrected chi connectivity index (χ0v) is 19.5. The molecule has 2 aliphatic heterocycles. The minimum absolute atomic E-state index is 0.588. The zero-order valence-electron chi connectivity index (χ0n) is 17.9. The van der Waals surface area contributed by atoms with Gasteiger partial charge in [0.1, 0.15) is 0 Å². The average Bonchev–Trinajstić information content (AvgIpc) is 2.72. The number of rotatable bonds is 4. The lowest BCUT2D eigenvalue weighted by molar-refractivity contribution is -0.137. The second-order valence-corrected chi connectivity index (χ2v) is 9.71. The molecular formula is C21H24F3N3O4S2-2. The van der Waals surface area contributed by atoms with E-state index in [1.165, 1.54) is 12.1 Å². The second kappa shape index (κ2) is 10.6. The molecule has 0 spiro atoms. The number of likely N-dealkylation sites (N-methyl/N-ethyl adjacent to an activating group) is 1. The highest BCUT2D eigenvalue weighted by Gasteiger charge is 2.33.